The third kappa shape index (κ3) is 11.2. The Morgan fingerprint density at radius 1 is 1.24 bits per heavy atom. The Hall–Kier alpha value is -3.95. The fourth-order valence-electron chi connectivity index (χ4n) is 5.00. The van der Waals surface area contributed by atoms with Crippen molar-refractivity contribution in [3.8, 4) is 0 Å². The highest BCUT2D eigenvalue weighted by atomic mass is 32.1. The van der Waals surface area contributed by atoms with E-state index in [1.165, 1.54) is 11.3 Å². The second kappa shape index (κ2) is 16.9. The van der Waals surface area contributed by atoms with E-state index in [0.717, 1.165) is 4.70 Å². The molecule has 15 heteroatoms. The van der Waals surface area contributed by atoms with E-state index in [9.17, 15) is 24.0 Å². The van der Waals surface area contributed by atoms with Crippen molar-refractivity contribution in [2.24, 2.45) is 17.4 Å². The fraction of sp³-hybridized carbons (Fsp3) is 0.567. The van der Waals surface area contributed by atoms with E-state index >= 15 is 0 Å². The van der Waals surface area contributed by atoms with Gasteiger partial charge in [0.2, 0.25) is 23.5 Å². The van der Waals surface area contributed by atoms with Crippen LogP contribution in [0.1, 0.15) is 68.6 Å². The summed E-state index contributed by atoms with van der Waals surface area (Å²) in [5, 5.41) is 21.6. The molecule has 0 aliphatic carbocycles. The second-order valence-electron chi connectivity index (χ2n) is 11.9. The first-order valence-corrected chi connectivity index (χ1v) is 16.1. The van der Waals surface area contributed by atoms with Crippen LogP contribution in [-0.2, 0) is 19.2 Å². The Bertz CT molecular complexity index is 1330. The minimum Gasteiger partial charge on any atom is -0.370 e. The van der Waals surface area contributed by atoms with E-state index in [4.69, 9.17) is 16.9 Å². The number of carbonyl (C=O) groups is 5. The van der Waals surface area contributed by atoms with E-state index in [1.807, 2.05) is 32.0 Å². The summed E-state index contributed by atoms with van der Waals surface area (Å²) in [6.07, 6.45) is 2.84. The summed E-state index contributed by atoms with van der Waals surface area (Å²) in [4.78, 5) is 70.1. The van der Waals surface area contributed by atoms with Crippen LogP contribution in [0.5, 0.6) is 0 Å². The number of ketones is 1. The van der Waals surface area contributed by atoms with E-state index in [1.54, 1.807) is 6.07 Å². The largest absolute Gasteiger partial charge is 0.370 e. The number of amides is 3. The Labute approximate surface area is 266 Å². The zero-order chi connectivity index (χ0) is 33.0. The third-order valence-electron chi connectivity index (χ3n) is 7.47. The molecule has 2 aromatic rings. The molecule has 10 N–H and O–H groups in total. The molecule has 3 rings (SSSR count). The average molecular weight is 644 g/mol. The lowest BCUT2D eigenvalue weighted by molar-refractivity contribution is -0.133. The van der Waals surface area contributed by atoms with Gasteiger partial charge in [-0.15, -0.1) is 11.3 Å². The van der Waals surface area contributed by atoms with Gasteiger partial charge < -0.3 is 42.8 Å². The van der Waals surface area contributed by atoms with Crippen LogP contribution in [-0.4, -0.2) is 84.0 Å². The minimum absolute atomic E-state index is 0.0670. The standard InChI is InChI=1S/C30H45N9O5S/c1-18(2)14-21-26(43)38-22(15-24(41)34-12-6-5-11-30(33,17-40)16-36-21)27(44)37-20(9-7-13-35-29(31)32)25(42)28-39-19-8-3-4-10-23(19)45-28/h3-4,8,10,17-18,20-22,36H,5-7,9,11-16,33H2,1-2H3,(H,34,41)(H,37,44)(H,38,43)(H4,31,32,35)/t20-,21-,22-,30+/m0/s1. The van der Waals surface area contributed by atoms with Crippen molar-refractivity contribution >= 4 is 57.3 Å². The minimum atomic E-state index is -1.29. The van der Waals surface area contributed by atoms with Crippen LogP contribution in [0.15, 0.2) is 24.3 Å². The predicted molar refractivity (Wildman–Crippen MR) is 173 cm³/mol. The predicted octanol–water partition coefficient (Wildman–Crippen LogP) is 0.303. The number of hydrogen-bond acceptors (Lipinski definition) is 10. The monoisotopic (exact) mass is 643 g/mol. The molecule has 0 saturated carbocycles. The van der Waals surface area contributed by atoms with Crippen molar-refractivity contribution in [2.75, 3.05) is 19.6 Å². The number of Topliss-reactive ketones (excluding diaryl/α,β-unsaturated/α-hetero) is 1. The van der Waals surface area contributed by atoms with Gasteiger partial charge in [0.15, 0.2) is 11.0 Å². The smallest absolute Gasteiger partial charge is 0.243 e. The summed E-state index contributed by atoms with van der Waals surface area (Å²) < 4.78 is 0.818. The van der Waals surface area contributed by atoms with E-state index in [0.29, 0.717) is 57.0 Å². The van der Waals surface area contributed by atoms with Crippen molar-refractivity contribution in [2.45, 2.75) is 82.5 Å². The van der Waals surface area contributed by atoms with E-state index in [2.05, 4.69) is 31.6 Å². The van der Waals surface area contributed by atoms with Crippen molar-refractivity contribution in [1.82, 2.24) is 31.6 Å². The summed E-state index contributed by atoms with van der Waals surface area (Å²) in [6.45, 7) is 4.54. The molecule has 0 spiro atoms. The molecule has 3 amide bonds. The van der Waals surface area contributed by atoms with Crippen LogP contribution in [0.2, 0.25) is 0 Å². The summed E-state index contributed by atoms with van der Waals surface area (Å²) in [5.74, 6) is -2.21. The lowest BCUT2D eigenvalue weighted by Crippen LogP contribution is -2.59. The maximum absolute atomic E-state index is 13.7. The first-order chi connectivity index (χ1) is 21.4. The van der Waals surface area contributed by atoms with Crippen LogP contribution in [0.25, 0.3) is 10.2 Å². The van der Waals surface area contributed by atoms with Crippen LogP contribution < -0.4 is 38.1 Å². The fourth-order valence-corrected chi connectivity index (χ4v) is 5.96. The molecule has 1 fully saturated rings. The molecule has 14 nitrogen and oxygen atoms in total. The van der Waals surface area contributed by atoms with Gasteiger partial charge >= 0.3 is 0 Å². The molecule has 0 unspecified atom stereocenters. The quantitative estimate of drug-likeness (QED) is 0.0548. The lowest BCUT2D eigenvalue weighted by atomic mass is 9.93. The highest BCUT2D eigenvalue weighted by Crippen LogP contribution is 2.23. The molecule has 1 saturated heterocycles. The molecule has 0 radical (unpaired) electrons. The first kappa shape index (κ1) is 35.5. The van der Waals surface area contributed by atoms with Gasteiger partial charge in [0, 0.05) is 19.6 Å². The summed E-state index contributed by atoms with van der Waals surface area (Å²) in [5.41, 5.74) is 11.1. The van der Waals surface area contributed by atoms with Crippen molar-refractivity contribution in [3.05, 3.63) is 29.3 Å². The third-order valence-corrected chi connectivity index (χ3v) is 8.52. The number of nitrogens with one attached hydrogen (secondary N) is 6. The lowest BCUT2D eigenvalue weighted by Gasteiger charge is -2.29. The maximum atomic E-state index is 13.7. The summed E-state index contributed by atoms with van der Waals surface area (Å²) >= 11 is 1.21. The van der Waals surface area contributed by atoms with Gasteiger partial charge in [-0.05, 0) is 56.6 Å². The average Bonchev–Trinajstić information content (AvgIpc) is 3.43. The number of carbonyl (C=O) groups excluding carboxylic acids is 5. The number of aldehydes is 1. The molecule has 1 aromatic carbocycles. The molecular weight excluding hydrogens is 598 g/mol. The number of guanidine groups is 1. The molecule has 45 heavy (non-hydrogen) atoms. The van der Waals surface area contributed by atoms with Gasteiger partial charge in [0.1, 0.15) is 12.3 Å². The molecule has 4 atom stereocenters. The number of nitrogens with two attached hydrogens (primary N) is 2. The van der Waals surface area contributed by atoms with Crippen LogP contribution in [0.3, 0.4) is 0 Å². The molecule has 0 bridgehead atoms. The van der Waals surface area contributed by atoms with Gasteiger partial charge in [-0.3, -0.25) is 24.6 Å². The van der Waals surface area contributed by atoms with Crippen molar-refractivity contribution < 1.29 is 24.0 Å². The Morgan fingerprint density at radius 3 is 2.69 bits per heavy atom. The van der Waals surface area contributed by atoms with Crippen molar-refractivity contribution in [1.29, 1.82) is 5.41 Å². The van der Waals surface area contributed by atoms with Gasteiger partial charge in [0.25, 0.3) is 0 Å². The number of rotatable bonds is 11. The van der Waals surface area contributed by atoms with Crippen molar-refractivity contribution in [3.63, 3.8) is 0 Å². The zero-order valence-electron chi connectivity index (χ0n) is 25.8. The number of para-hydroxylation sites is 1. The Balaban J connectivity index is 1.85. The van der Waals surface area contributed by atoms with Gasteiger partial charge in [-0.1, -0.05) is 26.0 Å². The number of hydrogen-bond donors (Lipinski definition) is 8. The highest BCUT2D eigenvalue weighted by molar-refractivity contribution is 7.20. The molecule has 2 heterocycles. The number of aromatic nitrogens is 1. The summed E-state index contributed by atoms with van der Waals surface area (Å²) in [7, 11) is 0. The molecule has 1 aliphatic rings. The maximum Gasteiger partial charge on any atom is 0.243 e. The zero-order valence-corrected chi connectivity index (χ0v) is 26.6. The van der Waals surface area contributed by atoms with Crippen LogP contribution in [0, 0.1) is 11.3 Å². The SMILES string of the molecule is CC(C)C[C@@H]1NC[C@@](N)(C=O)CCCCNC(=O)C[C@@H](C(=O)N[C@@H](CCCNC(=N)N)C(=O)c2nc3ccccc3s2)NC1=O. The number of benzene rings is 1. The highest BCUT2D eigenvalue weighted by Gasteiger charge is 2.33. The van der Waals surface area contributed by atoms with E-state index < -0.39 is 47.2 Å². The van der Waals surface area contributed by atoms with Gasteiger partial charge in [-0.25, -0.2) is 4.98 Å². The second-order valence-corrected chi connectivity index (χ2v) is 12.9. The van der Waals surface area contributed by atoms with Crippen LogP contribution >= 0.6 is 11.3 Å². The summed E-state index contributed by atoms with van der Waals surface area (Å²) in [6, 6.07) is 4.22. The molecular formula is C30H45N9O5S. The Kier molecular flexibility index (Phi) is 13.4. The normalized spacial score (nSPS) is 22.5. The van der Waals surface area contributed by atoms with Crippen LogP contribution in [0.4, 0.5) is 0 Å². The number of nitrogens with zero attached hydrogens (tertiary/aromatic N) is 1. The Morgan fingerprint density at radius 2 is 2.00 bits per heavy atom. The topological polar surface area (TPSA) is 234 Å². The number of fused-ring (bicyclic) bond motifs is 1. The number of thiazole rings is 1. The van der Waals surface area contributed by atoms with Gasteiger partial charge in [-0.2, -0.15) is 0 Å². The molecule has 246 valence electrons. The molecule has 1 aliphatic heterocycles. The molecule has 1 aromatic heterocycles. The first-order valence-electron chi connectivity index (χ1n) is 15.2. The van der Waals surface area contributed by atoms with E-state index in [-0.39, 0.29) is 36.3 Å². The van der Waals surface area contributed by atoms with Gasteiger partial charge in [0.05, 0.1) is 34.3 Å².